The Kier molecular flexibility index (Phi) is 4.47. The van der Waals surface area contributed by atoms with E-state index in [2.05, 4.69) is 20.8 Å². The second-order valence-electron chi connectivity index (χ2n) is 5.89. The largest absolute Gasteiger partial charge is 0.325 e. The second-order valence-corrected chi connectivity index (χ2v) is 6.83. The number of nitrogens with one attached hydrogen (secondary N) is 1. The quantitative estimate of drug-likeness (QED) is 0.689. The molecule has 25 heavy (non-hydrogen) atoms. The van der Waals surface area contributed by atoms with Crippen LogP contribution in [0, 0.1) is 0 Å². The maximum atomic E-state index is 12.4. The summed E-state index contributed by atoms with van der Waals surface area (Å²) in [4.78, 5) is 12.4. The van der Waals surface area contributed by atoms with Gasteiger partial charge in [0.25, 0.3) is 0 Å². The molecule has 0 radical (unpaired) electrons. The smallest absolute Gasteiger partial charge is 0.234 e. The molecule has 0 atom stereocenters. The standard InChI is InChI=1S/C18H17N5OS/c24-17(12-25-18-20-21-22-23(18)14-10-11-14)19-16-9-5-4-8-15(16)13-6-2-1-3-7-13/h1-9,14H,10-12H2,(H,19,24). The van der Waals surface area contributed by atoms with Gasteiger partial charge in [0.1, 0.15) is 0 Å². The van der Waals surface area contributed by atoms with E-state index in [1.54, 1.807) is 0 Å². The number of rotatable bonds is 6. The third-order valence-corrected chi connectivity index (χ3v) is 4.91. The molecule has 1 aliphatic carbocycles. The lowest BCUT2D eigenvalue weighted by molar-refractivity contribution is -0.113. The maximum Gasteiger partial charge on any atom is 0.234 e. The van der Waals surface area contributed by atoms with Gasteiger partial charge in [-0.2, -0.15) is 0 Å². The van der Waals surface area contributed by atoms with Crippen molar-refractivity contribution in [1.29, 1.82) is 0 Å². The summed E-state index contributed by atoms with van der Waals surface area (Å²) in [5.41, 5.74) is 2.88. The average molecular weight is 351 g/mol. The van der Waals surface area contributed by atoms with Gasteiger partial charge in [-0.15, -0.1) is 5.10 Å². The van der Waals surface area contributed by atoms with E-state index in [4.69, 9.17) is 0 Å². The molecule has 0 saturated heterocycles. The number of hydrogen-bond acceptors (Lipinski definition) is 5. The van der Waals surface area contributed by atoms with Crippen molar-refractivity contribution in [2.24, 2.45) is 0 Å². The molecule has 1 N–H and O–H groups in total. The number of hydrogen-bond donors (Lipinski definition) is 1. The monoisotopic (exact) mass is 351 g/mol. The van der Waals surface area contributed by atoms with Crippen molar-refractivity contribution >= 4 is 23.4 Å². The molecule has 6 nitrogen and oxygen atoms in total. The van der Waals surface area contributed by atoms with Crippen LogP contribution in [0.3, 0.4) is 0 Å². The lowest BCUT2D eigenvalue weighted by atomic mass is 10.0. The minimum Gasteiger partial charge on any atom is -0.325 e. The molecule has 1 aromatic heterocycles. The third-order valence-electron chi connectivity index (χ3n) is 3.97. The molecule has 4 rings (SSSR count). The number of nitrogens with zero attached hydrogens (tertiary/aromatic N) is 4. The van der Waals surface area contributed by atoms with Crippen molar-refractivity contribution in [2.45, 2.75) is 24.0 Å². The number of tetrazole rings is 1. The molecular formula is C18H17N5OS. The summed E-state index contributed by atoms with van der Waals surface area (Å²) in [5, 5.41) is 15.4. The number of para-hydroxylation sites is 1. The van der Waals surface area contributed by atoms with Gasteiger partial charge in [0.15, 0.2) is 0 Å². The molecule has 3 aromatic rings. The van der Waals surface area contributed by atoms with Crippen molar-refractivity contribution < 1.29 is 4.79 Å². The summed E-state index contributed by atoms with van der Waals surface area (Å²) < 4.78 is 1.82. The fraction of sp³-hybridized carbons (Fsp3) is 0.222. The summed E-state index contributed by atoms with van der Waals surface area (Å²) in [6, 6.07) is 18.2. The molecule has 0 aliphatic heterocycles. The van der Waals surface area contributed by atoms with E-state index in [0.717, 1.165) is 29.7 Å². The highest BCUT2D eigenvalue weighted by Crippen LogP contribution is 2.36. The Bertz CT molecular complexity index is 876. The van der Waals surface area contributed by atoms with Gasteiger partial charge in [0, 0.05) is 11.3 Å². The van der Waals surface area contributed by atoms with E-state index in [1.165, 1.54) is 11.8 Å². The van der Waals surface area contributed by atoms with Crippen molar-refractivity contribution in [1.82, 2.24) is 20.2 Å². The molecule has 126 valence electrons. The molecule has 1 heterocycles. The highest BCUT2D eigenvalue weighted by Gasteiger charge is 2.28. The zero-order valence-electron chi connectivity index (χ0n) is 13.5. The van der Waals surface area contributed by atoms with Crippen LogP contribution in [0.2, 0.25) is 0 Å². The summed E-state index contributed by atoms with van der Waals surface area (Å²) in [6.07, 6.45) is 2.21. The highest BCUT2D eigenvalue weighted by molar-refractivity contribution is 7.99. The summed E-state index contributed by atoms with van der Waals surface area (Å²) in [6.45, 7) is 0. The van der Waals surface area contributed by atoms with Crippen LogP contribution >= 0.6 is 11.8 Å². The van der Waals surface area contributed by atoms with Crippen molar-refractivity contribution in [2.75, 3.05) is 11.1 Å². The molecule has 7 heteroatoms. The number of benzene rings is 2. The van der Waals surface area contributed by atoms with Gasteiger partial charge >= 0.3 is 0 Å². The van der Waals surface area contributed by atoms with Gasteiger partial charge in [-0.1, -0.05) is 60.3 Å². The number of thioether (sulfide) groups is 1. The molecule has 1 aliphatic rings. The number of aromatic nitrogens is 4. The first-order valence-corrected chi connectivity index (χ1v) is 9.15. The van der Waals surface area contributed by atoms with Crippen LogP contribution in [0.25, 0.3) is 11.1 Å². The Balaban J connectivity index is 1.44. The van der Waals surface area contributed by atoms with E-state index in [1.807, 2.05) is 59.3 Å². The minimum absolute atomic E-state index is 0.0706. The first-order valence-electron chi connectivity index (χ1n) is 8.16. The van der Waals surface area contributed by atoms with Gasteiger partial charge < -0.3 is 5.32 Å². The van der Waals surface area contributed by atoms with Gasteiger partial charge in [0.2, 0.25) is 11.1 Å². The number of amides is 1. The molecular weight excluding hydrogens is 334 g/mol. The fourth-order valence-electron chi connectivity index (χ4n) is 2.61. The fourth-order valence-corrected chi connectivity index (χ4v) is 3.35. The van der Waals surface area contributed by atoms with E-state index in [0.29, 0.717) is 11.2 Å². The van der Waals surface area contributed by atoms with Gasteiger partial charge in [-0.25, -0.2) is 4.68 Å². The zero-order chi connectivity index (χ0) is 17.1. The molecule has 1 fully saturated rings. The van der Waals surface area contributed by atoms with Crippen LogP contribution in [0.5, 0.6) is 0 Å². The predicted molar refractivity (Wildman–Crippen MR) is 97.3 cm³/mol. The summed E-state index contributed by atoms with van der Waals surface area (Å²) in [5.74, 6) is 0.203. The van der Waals surface area contributed by atoms with Crippen molar-refractivity contribution in [3.05, 3.63) is 54.6 Å². The summed E-state index contributed by atoms with van der Waals surface area (Å²) in [7, 11) is 0. The van der Waals surface area contributed by atoms with E-state index >= 15 is 0 Å². The Labute approximate surface area is 149 Å². The van der Waals surface area contributed by atoms with E-state index in [-0.39, 0.29) is 11.7 Å². The zero-order valence-corrected chi connectivity index (χ0v) is 14.3. The van der Waals surface area contributed by atoms with Crippen LogP contribution in [0.1, 0.15) is 18.9 Å². The maximum absolute atomic E-state index is 12.4. The van der Waals surface area contributed by atoms with Crippen LogP contribution in [-0.4, -0.2) is 31.9 Å². The molecule has 1 saturated carbocycles. The van der Waals surface area contributed by atoms with Crippen LogP contribution in [-0.2, 0) is 4.79 Å². The SMILES string of the molecule is O=C(CSc1nnnn1C1CC1)Nc1ccccc1-c1ccccc1. The molecule has 0 spiro atoms. The first-order chi connectivity index (χ1) is 12.3. The van der Waals surface area contributed by atoms with Gasteiger partial charge in [-0.3, -0.25) is 4.79 Å². The van der Waals surface area contributed by atoms with Crippen LogP contribution in [0.15, 0.2) is 59.8 Å². The predicted octanol–water partition coefficient (Wildman–Crippen LogP) is 3.41. The van der Waals surface area contributed by atoms with Gasteiger partial charge in [0.05, 0.1) is 11.8 Å². The molecule has 2 aromatic carbocycles. The minimum atomic E-state index is -0.0706. The van der Waals surface area contributed by atoms with Crippen molar-refractivity contribution in [3.63, 3.8) is 0 Å². The molecule has 1 amide bonds. The van der Waals surface area contributed by atoms with Gasteiger partial charge in [-0.05, 0) is 34.9 Å². The number of carbonyl (C=O) groups is 1. The second kappa shape index (κ2) is 7.06. The Morgan fingerprint density at radius 1 is 1.12 bits per heavy atom. The normalized spacial score (nSPS) is 13.6. The first kappa shape index (κ1) is 15.8. The van der Waals surface area contributed by atoms with E-state index in [9.17, 15) is 4.79 Å². The number of carbonyl (C=O) groups excluding carboxylic acids is 1. The number of anilines is 1. The average Bonchev–Trinajstić information content (AvgIpc) is 3.39. The topological polar surface area (TPSA) is 72.7 Å². The van der Waals surface area contributed by atoms with Crippen LogP contribution < -0.4 is 5.32 Å². The van der Waals surface area contributed by atoms with E-state index < -0.39 is 0 Å². The lowest BCUT2D eigenvalue weighted by Crippen LogP contribution is -2.15. The summed E-state index contributed by atoms with van der Waals surface area (Å²) >= 11 is 1.37. The lowest BCUT2D eigenvalue weighted by Gasteiger charge is -2.11. The molecule has 0 unspecified atom stereocenters. The Hall–Kier alpha value is -2.67. The molecule has 0 bridgehead atoms. The highest BCUT2D eigenvalue weighted by atomic mass is 32.2. The Morgan fingerprint density at radius 3 is 2.68 bits per heavy atom. The third kappa shape index (κ3) is 3.71. The van der Waals surface area contributed by atoms with Crippen LogP contribution in [0.4, 0.5) is 5.69 Å². The Morgan fingerprint density at radius 2 is 1.88 bits per heavy atom. The van der Waals surface area contributed by atoms with Crippen molar-refractivity contribution in [3.8, 4) is 11.1 Å².